The molecule has 1 unspecified atom stereocenters. The highest BCUT2D eigenvalue weighted by molar-refractivity contribution is 7.88. The fourth-order valence-corrected chi connectivity index (χ4v) is 5.12. The summed E-state index contributed by atoms with van der Waals surface area (Å²) in [5.41, 5.74) is -0.314. The smallest absolute Gasteiger partial charge is 0.195 e. The van der Waals surface area contributed by atoms with E-state index >= 15 is 0 Å². The van der Waals surface area contributed by atoms with Crippen LogP contribution in [0.1, 0.15) is 32.4 Å². The molecule has 0 aliphatic carbocycles. The van der Waals surface area contributed by atoms with Gasteiger partial charge < -0.3 is 9.52 Å². The average molecular weight is 384 g/mol. The molecule has 0 fully saturated rings. The summed E-state index contributed by atoms with van der Waals surface area (Å²) in [4.78, 5) is 9.13. The van der Waals surface area contributed by atoms with E-state index in [-0.39, 0.29) is 0 Å². The highest BCUT2D eigenvalue weighted by Crippen LogP contribution is 2.33. The van der Waals surface area contributed by atoms with E-state index in [2.05, 4.69) is 14.7 Å². The maximum absolute atomic E-state index is 12.5. The molecule has 0 aliphatic rings. The molecule has 0 radical (unpaired) electrons. The molecule has 24 heavy (non-hydrogen) atoms. The standard InChI is InChI=1S/C15H17N3O3S3/c1-3-15(19,4-2)12-8-22-14(17-12)18-24(20)13-6-5-11(23-13)10-7-16-9-21-10/h5-9,19H,3-4H2,1-2H3,(H,17,18). The zero-order valence-corrected chi connectivity index (χ0v) is 15.6. The molecular weight excluding hydrogens is 366 g/mol. The van der Waals surface area contributed by atoms with E-state index in [1.54, 1.807) is 17.6 Å². The first kappa shape index (κ1) is 17.3. The molecule has 0 amide bonds. The molecule has 0 bridgehead atoms. The van der Waals surface area contributed by atoms with Crippen molar-refractivity contribution in [2.24, 2.45) is 0 Å². The Labute approximate surface area is 150 Å². The van der Waals surface area contributed by atoms with Crippen molar-refractivity contribution >= 4 is 38.8 Å². The van der Waals surface area contributed by atoms with Gasteiger partial charge in [0.25, 0.3) is 0 Å². The molecule has 3 heterocycles. The zero-order chi connectivity index (χ0) is 17.2. The van der Waals surface area contributed by atoms with Gasteiger partial charge in [-0.15, -0.1) is 22.7 Å². The van der Waals surface area contributed by atoms with Gasteiger partial charge >= 0.3 is 0 Å². The molecule has 0 aromatic carbocycles. The largest absolute Gasteiger partial charge is 0.443 e. The van der Waals surface area contributed by atoms with Gasteiger partial charge in [-0.05, 0) is 25.0 Å². The fourth-order valence-electron chi connectivity index (χ4n) is 2.17. The third kappa shape index (κ3) is 3.44. The van der Waals surface area contributed by atoms with Crippen LogP contribution < -0.4 is 4.72 Å². The van der Waals surface area contributed by atoms with Crippen molar-refractivity contribution in [1.29, 1.82) is 0 Å². The van der Waals surface area contributed by atoms with Crippen molar-refractivity contribution in [3.05, 3.63) is 35.8 Å². The van der Waals surface area contributed by atoms with Gasteiger partial charge in [0.1, 0.15) is 9.81 Å². The van der Waals surface area contributed by atoms with E-state index in [1.165, 1.54) is 29.1 Å². The molecule has 0 spiro atoms. The predicted molar refractivity (Wildman–Crippen MR) is 96.4 cm³/mol. The van der Waals surface area contributed by atoms with E-state index in [0.29, 0.717) is 33.6 Å². The summed E-state index contributed by atoms with van der Waals surface area (Å²) in [5.74, 6) is 0.649. The lowest BCUT2D eigenvalue weighted by molar-refractivity contribution is 0.0247. The third-order valence-electron chi connectivity index (χ3n) is 3.77. The number of anilines is 1. The van der Waals surface area contributed by atoms with Gasteiger partial charge in [-0.25, -0.2) is 14.2 Å². The molecule has 1 atom stereocenters. The first-order chi connectivity index (χ1) is 11.6. The molecule has 0 saturated carbocycles. The zero-order valence-electron chi connectivity index (χ0n) is 13.2. The predicted octanol–water partition coefficient (Wildman–Crippen LogP) is 4.00. The van der Waals surface area contributed by atoms with Crippen molar-refractivity contribution in [2.75, 3.05) is 4.72 Å². The van der Waals surface area contributed by atoms with E-state index in [9.17, 15) is 9.32 Å². The van der Waals surface area contributed by atoms with Gasteiger partial charge in [0.15, 0.2) is 28.3 Å². The van der Waals surface area contributed by atoms with Crippen molar-refractivity contribution in [1.82, 2.24) is 9.97 Å². The van der Waals surface area contributed by atoms with Crippen molar-refractivity contribution < 1.29 is 13.7 Å². The van der Waals surface area contributed by atoms with Crippen molar-refractivity contribution in [2.45, 2.75) is 36.5 Å². The Hall–Kier alpha value is -1.55. The Morgan fingerprint density at radius 1 is 1.38 bits per heavy atom. The number of hydrogen-bond donors (Lipinski definition) is 2. The van der Waals surface area contributed by atoms with Crippen LogP contribution in [-0.4, -0.2) is 19.3 Å². The minimum atomic E-state index is -1.42. The first-order valence-corrected chi connectivity index (χ1v) is 10.3. The van der Waals surface area contributed by atoms with E-state index in [1.807, 2.05) is 19.9 Å². The lowest BCUT2D eigenvalue weighted by atomic mass is 9.94. The number of rotatable bonds is 7. The number of thiophene rings is 1. The fraction of sp³-hybridized carbons (Fsp3) is 0.333. The lowest BCUT2D eigenvalue weighted by Gasteiger charge is -2.22. The Kier molecular flexibility index (Phi) is 5.14. The second-order valence-corrected chi connectivity index (χ2v) is 8.51. The molecule has 6 nitrogen and oxygen atoms in total. The van der Waals surface area contributed by atoms with Crippen LogP contribution in [0, 0.1) is 0 Å². The Balaban J connectivity index is 1.73. The highest BCUT2D eigenvalue weighted by Gasteiger charge is 2.28. The maximum Gasteiger partial charge on any atom is 0.195 e. The van der Waals surface area contributed by atoms with Gasteiger partial charge in [-0.3, -0.25) is 4.72 Å². The van der Waals surface area contributed by atoms with Gasteiger partial charge in [-0.2, -0.15) is 0 Å². The summed E-state index contributed by atoms with van der Waals surface area (Å²) in [7, 11) is -1.42. The summed E-state index contributed by atoms with van der Waals surface area (Å²) in [5, 5.41) is 12.8. The summed E-state index contributed by atoms with van der Waals surface area (Å²) < 4.78 is 21.3. The number of aliphatic hydroxyl groups is 1. The number of nitrogens with one attached hydrogen (secondary N) is 1. The molecule has 3 rings (SSSR count). The van der Waals surface area contributed by atoms with Crippen molar-refractivity contribution in [3.63, 3.8) is 0 Å². The van der Waals surface area contributed by atoms with Gasteiger partial charge in [0, 0.05) is 5.38 Å². The highest BCUT2D eigenvalue weighted by atomic mass is 32.2. The van der Waals surface area contributed by atoms with E-state index in [4.69, 9.17) is 4.42 Å². The van der Waals surface area contributed by atoms with Crippen LogP contribution in [0.5, 0.6) is 0 Å². The van der Waals surface area contributed by atoms with Crippen LogP contribution in [-0.2, 0) is 16.6 Å². The van der Waals surface area contributed by atoms with Gasteiger partial charge in [0.05, 0.1) is 16.8 Å². The number of hydrogen-bond acceptors (Lipinski definition) is 7. The Bertz CT molecular complexity index is 822. The molecule has 2 N–H and O–H groups in total. The van der Waals surface area contributed by atoms with Crippen LogP contribution in [0.15, 0.2) is 38.7 Å². The van der Waals surface area contributed by atoms with Crippen LogP contribution in [0.3, 0.4) is 0 Å². The molecule has 0 aliphatic heterocycles. The van der Waals surface area contributed by atoms with Gasteiger partial charge in [0.2, 0.25) is 0 Å². The first-order valence-electron chi connectivity index (χ1n) is 7.41. The molecule has 3 aromatic heterocycles. The van der Waals surface area contributed by atoms with Gasteiger partial charge in [-0.1, -0.05) is 13.8 Å². The molecule has 0 saturated heterocycles. The molecule has 9 heteroatoms. The van der Waals surface area contributed by atoms with Crippen LogP contribution in [0.25, 0.3) is 10.6 Å². The quantitative estimate of drug-likeness (QED) is 0.644. The van der Waals surface area contributed by atoms with E-state index < -0.39 is 16.6 Å². The summed E-state index contributed by atoms with van der Waals surface area (Å²) in [6.07, 6.45) is 4.15. The number of nitrogens with zero attached hydrogens (tertiary/aromatic N) is 2. The summed E-state index contributed by atoms with van der Waals surface area (Å²) in [6.45, 7) is 3.84. The van der Waals surface area contributed by atoms with E-state index in [0.717, 1.165) is 4.88 Å². The second-order valence-electron chi connectivity index (χ2n) is 5.13. The van der Waals surface area contributed by atoms with Crippen molar-refractivity contribution in [3.8, 4) is 10.6 Å². The lowest BCUT2D eigenvalue weighted by Crippen LogP contribution is -2.23. The monoisotopic (exact) mass is 383 g/mol. The maximum atomic E-state index is 12.5. The third-order valence-corrected chi connectivity index (χ3v) is 7.14. The average Bonchev–Trinajstić information content (AvgIpc) is 3.33. The second kappa shape index (κ2) is 7.14. The molecule has 128 valence electrons. The number of thiazole rings is 1. The minimum absolute atomic E-state index is 0.526. The SMILES string of the molecule is CCC(O)(CC)c1csc(NS(=O)c2ccc(-c3cnco3)s2)n1. The number of aromatic nitrogens is 2. The van der Waals surface area contributed by atoms with Crippen LogP contribution in [0.2, 0.25) is 0 Å². The Morgan fingerprint density at radius 3 is 2.83 bits per heavy atom. The molecule has 3 aromatic rings. The Morgan fingerprint density at radius 2 is 2.17 bits per heavy atom. The van der Waals surface area contributed by atoms with Crippen LogP contribution in [0.4, 0.5) is 5.13 Å². The normalized spacial score (nSPS) is 13.1. The topological polar surface area (TPSA) is 88.2 Å². The summed E-state index contributed by atoms with van der Waals surface area (Å²) >= 11 is 2.71. The van der Waals surface area contributed by atoms with Crippen LogP contribution >= 0.6 is 22.7 Å². The summed E-state index contributed by atoms with van der Waals surface area (Å²) in [6, 6.07) is 3.63. The minimum Gasteiger partial charge on any atom is -0.443 e. The number of oxazole rings is 1. The molecular formula is C15H17N3O3S3.